The smallest absolute Gasteiger partial charge is 0.346 e. The molecule has 128 valence electrons. The summed E-state index contributed by atoms with van der Waals surface area (Å²) in [6.45, 7) is 9.40. The van der Waals surface area contributed by atoms with Crippen LogP contribution in [0.25, 0.3) is 21.9 Å². The number of aromatic nitrogens is 1. The molecule has 0 fully saturated rings. The van der Waals surface area contributed by atoms with Crippen LogP contribution in [-0.4, -0.2) is 18.2 Å². The number of pyridine rings is 1. The van der Waals surface area contributed by atoms with Crippen molar-refractivity contribution in [2.45, 2.75) is 40.5 Å². The summed E-state index contributed by atoms with van der Waals surface area (Å²) in [6, 6.07) is 7.51. The summed E-state index contributed by atoms with van der Waals surface area (Å²) < 4.78 is 10.8. The first-order valence-corrected chi connectivity index (χ1v) is 8.60. The Morgan fingerprint density at radius 1 is 1.21 bits per heavy atom. The zero-order valence-electron chi connectivity index (χ0n) is 14.9. The van der Waals surface area contributed by atoms with E-state index in [1.165, 1.54) is 0 Å². The zero-order valence-corrected chi connectivity index (χ0v) is 14.9. The average Bonchev–Trinajstić information content (AvgIpc) is 2.62. The highest BCUT2D eigenvalue weighted by molar-refractivity contribution is 6.02. The molecule has 0 saturated carbocycles. The Bertz CT molecular complexity index is 868. The Balaban J connectivity index is 0.00000100. The first-order valence-electron chi connectivity index (χ1n) is 8.60. The molecule has 2 heterocycles. The van der Waals surface area contributed by atoms with Crippen molar-refractivity contribution in [3.8, 4) is 0 Å². The second kappa shape index (κ2) is 8.60. The van der Waals surface area contributed by atoms with E-state index in [1.54, 1.807) is 6.07 Å². The van der Waals surface area contributed by atoms with E-state index in [0.29, 0.717) is 11.0 Å². The number of benzene rings is 1. The van der Waals surface area contributed by atoms with Gasteiger partial charge < -0.3 is 9.15 Å². The van der Waals surface area contributed by atoms with E-state index in [-0.39, 0.29) is 5.63 Å². The third-order valence-electron chi connectivity index (χ3n) is 3.93. The monoisotopic (exact) mass is 327 g/mol. The van der Waals surface area contributed by atoms with Gasteiger partial charge in [0.2, 0.25) is 0 Å². The highest BCUT2D eigenvalue weighted by Gasteiger charge is 2.13. The van der Waals surface area contributed by atoms with Gasteiger partial charge in [0.05, 0.1) is 10.9 Å². The molecule has 1 aromatic carbocycles. The summed E-state index contributed by atoms with van der Waals surface area (Å²) >= 11 is 0. The minimum Gasteiger partial charge on any atom is -0.422 e. The van der Waals surface area contributed by atoms with Crippen molar-refractivity contribution < 1.29 is 9.15 Å². The topological polar surface area (TPSA) is 52.3 Å². The third-order valence-corrected chi connectivity index (χ3v) is 3.93. The molecule has 0 aliphatic rings. The first kappa shape index (κ1) is 18.1. The molecule has 0 unspecified atom stereocenters. The SMILES string of the molecule is CC.CCOCCCc1cnc2c(c1C)c(=O)oc1ccccc12. The second-order valence-corrected chi connectivity index (χ2v) is 5.32. The van der Waals surface area contributed by atoms with Crippen LogP contribution in [0.15, 0.2) is 39.7 Å². The van der Waals surface area contributed by atoms with Gasteiger partial charge in [0.1, 0.15) is 5.58 Å². The second-order valence-electron chi connectivity index (χ2n) is 5.32. The molecule has 0 saturated heterocycles. The Kier molecular flexibility index (Phi) is 6.50. The van der Waals surface area contributed by atoms with Crippen LogP contribution in [0.1, 0.15) is 38.3 Å². The van der Waals surface area contributed by atoms with Crippen LogP contribution in [0.2, 0.25) is 0 Å². The van der Waals surface area contributed by atoms with Crippen LogP contribution in [-0.2, 0) is 11.2 Å². The van der Waals surface area contributed by atoms with E-state index in [2.05, 4.69) is 4.98 Å². The minimum absolute atomic E-state index is 0.314. The van der Waals surface area contributed by atoms with Gasteiger partial charge in [-0.3, -0.25) is 4.98 Å². The quantitative estimate of drug-likeness (QED) is 0.389. The maximum absolute atomic E-state index is 12.3. The van der Waals surface area contributed by atoms with E-state index in [1.807, 2.05) is 52.1 Å². The molecule has 0 spiro atoms. The molecule has 4 nitrogen and oxygen atoms in total. The predicted molar refractivity (Wildman–Crippen MR) is 98.7 cm³/mol. The molecule has 4 heteroatoms. The summed E-state index contributed by atoms with van der Waals surface area (Å²) in [5.41, 5.74) is 3.02. The van der Waals surface area contributed by atoms with Gasteiger partial charge in [0.25, 0.3) is 0 Å². The lowest BCUT2D eigenvalue weighted by Gasteiger charge is -2.09. The van der Waals surface area contributed by atoms with Crippen molar-refractivity contribution in [2.75, 3.05) is 13.2 Å². The van der Waals surface area contributed by atoms with E-state index in [9.17, 15) is 4.79 Å². The number of rotatable bonds is 5. The van der Waals surface area contributed by atoms with Gasteiger partial charge >= 0.3 is 5.63 Å². The molecular formula is C20H25NO3. The molecule has 0 N–H and O–H groups in total. The van der Waals surface area contributed by atoms with Crippen LogP contribution in [0.5, 0.6) is 0 Å². The molecule has 24 heavy (non-hydrogen) atoms. The zero-order chi connectivity index (χ0) is 17.5. The average molecular weight is 327 g/mol. The lowest BCUT2D eigenvalue weighted by atomic mass is 10.0. The maximum Gasteiger partial charge on any atom is 0.346 e. The van der Waals surface area contributed by atoms with Crippen LogP contribution < -0.4 is 5.63 Å². The molecule has 3 rings (SSSR count). The fraction of sp³-hybridized carbons (Fsp3) is 0.400. The standard InChI is InChI=1S/C18H19NO3.C2H6/c1-3-21-10-6-7-13-11-19-17-14-8-4-5-9-15(14)22-18(20)16(17)12(13)2;1-2/h4-5,8-9,11H,3,6-7,10H2,1-2H3;1-2H3. The lowest BCUT2D eigenvalue weighted by Crippen LogP contribution is -2.06. The molecule has 0 radical (unpaired) electrons. The normalized spacial score (nSPS) is 10.7. The highest BCUT2D eigenvalue weighted by atomic mass is 16.5. The number of hydrogen-bond acceptors (Lipinski definition) is 4. The van der Waals surface area contributed by atoms with Crippen LogP contribution in [0, 0.1) is 6.92 Å². The Morgan fingerprint density at radius 3 is 2.71 bits per heavy atom. The van der Waals surface area contributed by atoms with Crippen molar-refractivity contribution in [2.24, 2.45) is 0 Å². The van der Waals surface area contributed by atoms with Crippen LogP contribution in [0.4, 0.5) is 0 Å². The Morgan fingerprint density at radius 2 is 1.96 bits per heavy atom. The summed E-state index contributed by atoms with van der Waals surface area (Å²) in [6.07, 6.45) is 3.64. The summed E-state index contributed by atoms with van der Waals surface area (Å²) in [7, 11) is 0. The van der Waals surface area contributed by atoms with Crippen molar-refractivity contribution in [1.29, 1.82) is 0 Å². The van der Waals surface area contributed by atoms with Crippen molar-refractivity contribution in [1.82, 2.24) is 4.98 Å². The fourth-order valence-electron chi connectivity index (χ4n) is 2.76. The molecule has 0 aliphatic heterocycles. The third kappa shape index (κ3) is 3.65. The minimum atomic E-state index is -0.314. The van der Waals surface area contributed by atoms with E-state index >= 15 is 0 Å². The summed E-state index contributed by atoms with van der Waals surface area (Å²) in [4.78, 5) is 16.8. The van der Waals surface area contributed by atoms with Crippen molar-refractivity contribution in [3.63, 3.8) is 0 Å². The van der Waals surface area contributed by atoms with Crippen LogP contribution >= 0.6 is 0 Å². The molecule has 0 bridgehead atoms. The molecule has 2 aromatic heterocycles. The van der Waals surface area contributed by atoms with E-state index in [4.69, 9.17) is 9.15 Å². The van der Waals surface area contributed by atoms with Gasteiger partial charge in [0.15, 0.2) is 0 Å². The molecule has 3 aromatic rings. The molecule has 0 amide bonds. The largest absolute Gasteiger partial charge is 0.422 e. The lowest BCUT2D eigenvalue weighted by molar-refractivity contribution is 0.145. The van der Waals surface area contributed by atoms with Gasteiger partial charge in [-0.25, -0.2) is 4.79 Å². The Hall–Kier alpha value is -2.20. The van der Waals surface area contributed by atoms with Gasteiger partial charge in [-0.1, -0.05) is 26.0 Å². The number of hydrogen-bond donors (Lipinski definition) is 0. The van der Waals surface area contributed by atoms with E-state index < -0.39 is 0 Å². The number of ether oxygens (including phenoxy) is 1. The fourth-order valence-corrected chi connectivity index (χ4v) is 2.76. The summed E-state index contributed by atoms with van der Waals surface area (Å²) in [5.74, 6) is 0. The number of fused-ring (bicyclic) bond motifs is 3. The van der Waals surface area contributed by atoms with Gasteiger partial charge in [-0.05, 0) is 49.9 Å². The van der Waals surface area contributed by atoms with Gasteiger partial charge in [-0.15, -0.1) is 0 Å². The highest BCUT2D eigenvalue weighted by Crippen LogP contribution is 2.24. The summed E-state index contributed by atoms with van der Waals surface area (Å²) in [5, 5.41) is 1.47. The van der Waals surface area contributed by atoms with Crippen molar-refractivity contribution in [3.05, 3.63) is 52.0 Å². The predicted octanol–water partition coefficient (Wildman–Crippen LogP) is 4.64. The van der Waals surface area contributed by atoms with Gasteiger partial charge in [-0.2, -0.15) is 0 Å². The molecular weight excluding hydrogens is 302 g/mol. The number of nitrogens with zero attached hydrogens (tertiary/aromatic N) is 1. The number of para-hydroxylation sites is 1. The van der Waals surface area contributed by atoms with Crippen molar-refractivity contribution >= 4 is 21.9 Å². The van der Waals surface area contributed by atoms with Gasteiger partial charge in [0, 0.05) is 24.8 Å². The Labute approximate surface area is 142 Å². The van der Waals surface area contributed by atoms with E-state index in [0.717, 1.165) is 48.1 Å². The first-order chi connectivity index (χ1) is 11.7. The number of aryl methyl sites for hydroxylation is 2. The maximum atomic E-state index is 12.3. The molecule has 0 aliphatic carbocycles. The molecule has 0 atom stereocenters. The van der Waals surface area contributed by atoms with Crippen LogP contribution in [0.3, 0.4) is 0 Å².